The number of piperidine rings is 1. The quantitative estimate of drug-likeness (QED) is 0.770. The van der Waals surface area contributed by atoms with E-state index in [9.17, 15) is 5.11 Å². The third-order valence-electron chi connectivity index (χ3n) is 4.22. The average molecular weight is 242 g/mol. The summed E-state index contributed by atoms with van der Waals surface area (Å²) in [7, 11) is 0. The van der Waals surface area contributed by atoms with Crippen LogP contribution in [-0.4, -0.2) is 47.8 Å². The van der Waals surface area contributed by atoms with Gasteiger partial charge in [-0.1, -0.05) is 20.8 Å². The lowest BCUT2D eigenvalue weighted by atomic mass is 9.85. The first-order valence-electron chi connectivity index (χ1n) is 7.01. The van der Waals surface area contributed by atoms with Crippen molar-refractivity contribution in [3.63, 3.8) is 0 Å². The largest absolute Gasteiger partial charge is 0.394 e. The van der Waals surface area contributed by atoms with Gasteiger partial charge in [-0.05, 0) is 38.6 Å². The number of rotatable bonds is 5. The van der Waals surface area contributed by atoms with Crippen LogP contribution in [0.15, 0.2) is 0 Å². The van der Waals surface area contributed by atoms with Crippen LogP contribution in [0.2, 0.25) is 0 Å². The number of nitrogens with zero attached hydrogens (tertiary/aromatic N) is 1. The van der Waals surface area contributed by atoms with Gasteiger partial charge in [0, 0.05) is 19.1 Å². The standard InChI is InChI=1S/C14H30N2O/c1-6-15-14(5,10-17)9-16-8-11(2)7-12(3)13(16)4/h11-13,15,17H,6-10H2,1-5H3. The predicted molar refractivity (Wildman–Crippen MR) is 73.1 cm³/mol. The first-order valence-corrected chi connectivity index (χ1v) is 7.01. The Balaban J connectivity index is 2.64. The van der Waals surface area contributed by atoms with Crippen LogP contribution in [0.3, 0.4) is 0 Å². The second-order valence-electron chi connectivity index (χ2n) is 6.24. The highest BCUT2D eigenvalue weighted by Crippen LogP contribution is 2.27. The van der Waals surface area contributed by atoms with Crippen LogP contribution in [0.5, 0.6) is 0 Å². The van der Waals surface area contributed by atoms with Gasteiger partial charge in [0.25, 0.3) is 0 Å². The summed E-state index contributed by atoms with van der Waals surface area (Å²) in [4.78, 5) is 2.54. The lowest BCUT2D eigenvalue weighted by Gasteiger charge is -2.45. The summed E-state index contributed by atoms with van der Waals surface area (Å²) in [5, 5.41) is 13.0. The number of likely N-dealkylation sites (tertiary alicyclic amines) is 1. The molecule has 0 aromatic rings. The number of aliphatic hydroxyl groups is 1. The van der Waals surface area contributed by atoms with Gasteiger partial charge in [0.1, 0.15) is 0 Å². The van der Waals surface area contributed by atoms with Crippen molar-refractivity contribution in [1.82, 2.24) is 10.2 Å². The molecule has 3 nitrogen and oxygen atoms in total. The molecule has 0 amide bonds. The van der Waals surface area contributed by atoms with E-state index in [1.807, 2.05) is 0 Å². The van der Waals surface area contributed by atoms with Gasteiger partial charge in [-0.2, -0.15) is 0 Å². The predicted octanol–water partition coefficient (Wildman–Crippen LogP) is 1.71. The molecule has 0 aromatic heterocycles. The van der Waals surface area contributed by atoms with E-state index in [0.717, 1.165) is 31.5 Å². The lowest BCUT2D eigenvalue weighted by molar-refractivity contribution is 0.0374. The number of hydrogen-bond acceptors (Lipinski definition) is 3. The van der Waals surface area contributed by atoms with Crippen molar-refractivity contribution in [3.8, 4) is 0 Å². The summed E-state index contributed by atoms with van der Waals surface area (Å²) in [6.07, 6.45) is 1.33. The molecule has 1 rings (SSSR count). The van der Waals surface area contributed by atoms with Crippen molar-refractivity contribution in [3.05, 3.63) is 0 Å². The maximum Gasteiger partial charge on any atom is 0.0623 e. The van der Waals surface area contributed by atoms with E-state index >= 15 is 0 Å². The summed E-state index contributed by atoms with van der Waals surface area (Å²) in [6, 6.07) is 0.621. The van der Waals surface area contributed by atoms with E-state index < -0.39 is 0 Å². The summed E-state index contributed by atoms with van der Waals surface area (Å²) in [6.45, 7) is 14.4. The molecule has 4 atom stereocenters. The molecule has 0 aliphatic carbocycles. The van der Waals surface area contributed by atoms with Gasteiger partial charge >= 0.3 is 0 Å². The van der Waals surface area contributed by atoms with Gasteiger partial charge in [-0.15, -0.1) is 0 Å². The van der Waals surface area contributed by atoms with Crippen LogP contribution in [-0.2, 0) is 0 Å². The molecule has 0 bridgehead atoms. The maximum atomic E-state index is 9.58. The Kier molecular flexibility index (Phi) is 5.42. The van der Waals surface area contributed by atoms with Crippen LogP contribution < -0.4 is 5.32 Å². The molecule has 1 heterocycles. The van der Waals surface area contributed by atoms with E-state index in [1.165, 1.54) is 6.42 Å². The molecule has 0 saturated carbocycles. The van der Waals surface area contributed by atoms with E-state index in [0.29, 0.717) is 6.04 Å². The Morgan fingerprint density at radius 1 is 1.35 bits per heavy atom. The molecule has 2 N–H and O–H groups in total. The molecule has 1 fully saturated rings. The SMILES string of the molecule is CCNC(C)(CO)CN1CC(C)CC(C)C1C. The van der Waals surface area contributed by atoms with Gasteiger partial charge in [0.2, 0.25) is 0 Å². The van der Waals surface area contributed by atoms with Crippen molar-refractivity contribution < 1.29 is 5.11 Å². The molecular weight excluding hydrogens is 212 g/mol. The zero-order valence-corrected chi connectivity index (χ0v) is 12.2. The second kappa shape index (κ2) is 6.17. The van der Waals surface area contributed by atoms with Crippen LogP contribution in [0.25, 0.3) is 0 Å². The third-order valence-corrected chi connectivity index (χ3v) is 4.22. The Hall–Kier alpha value is -0.120. The van der Waals surface area contributed by atoms with Crippen molar-refractivity contribution in [2.75, 3.05) is 26.2 Å². The van der Waals surface area contributed by atoms with Gasteiger partial charge < -0.3 is 10.4 Å². The highest BCUT2D eigenvalue weighted by atomic mass is 16.3. The number of nitrogens with one attached hydrogen (secondary N) is 1. The van der Waals surface area contributed by atoms with E-state index in [-0.39, 0.29) is 12.1 Å². The molecule has 3 heteroatoms. The summed E-state index contributed by atoms with van der Waals surface area (Å²) in [5.41, 5.74) is -0.167. The highest BCUT2D eigenvalue weighted by Gasteiger charge is 2.33. The van der Waals surface area contributed by atoms with Gasteiger partial charge in [0.05, 0.1) is 12.1 Å². The minimum atomic E-state index is -0.167. The van der Waals surface area contributed by atoms with E-state index in [1.54, 1.807) is 0 Å². The first-order chi connectivity index (χ1) is 7.91. The van der Waals surface area contributed by atoms with Gasteiger partial charge in [0.15, 0.2) is 0 Å². The fraction of sp³-hybridized carbons (Fsp3) is 1.00. The molecule has 1 aliphatic rings. The van der Waals surface area contributed by atoms with Crippen molar-refractivity contribution in [2.45, 2.75) is 52.6 Å². The van der Waals surface area contributed by atoms with Gasteiger partial charge in [-0.3, -0.25) is 4.90 Å². The second-order valence-corrected chi connectivity index (χ2v) is 6.24. The molecule has 1 saturated heterocycles. The zero-order chi connectivity index (χ0) is 13.1. The van der Waals surface area contributed by atoms with Crippen molar-refractivity contribution in [2.24, 2.45) is 11.8 Å². The molecule has 17 heavy (non-hydrogen) atoms. The summed E-state index contributed by atoms with van der Waals surface area (Å²) < 4.78 is 0. The fourth-order valence-electron chi connectivity index (χ4n) is 3.08. The Morgan fingerprint density at radius 2 is 2.00 bits per heavy atom. The first kappa shape index (κ1) is 14.9. The fourth-order valence-corrected chi connectivity index (χ4v) is 3.08. The lowest BCUT2D eigenvalue weighted by Crippen LogP contribution is -2.58. The Bertz CT molecular complexity index is 234. The van der Waals surface area contributed by atoms with Crippen LogP contribution in [0.4, 0.5) is 0 Å². The number of aliphatic hydroxyl groups excluding tert-OH is 1. The molecule has 0 radical (unpaired) electrons. The normalized spacial score (nSPS) is 34.6. The number of hydrogen-bond donors (Lipinski definition) is 2. The van der Waals surface area contributed by atoms with Crippen LogP contribution in [0.1, 0.15) is 41.0 Å². The smallest absolute Gasteiger partial charge is 0.0623 e. The average Bonchev–Trinajstić information content (AvgIpc) is 2.25. The Labute approximate surface area is 107 Å². The third kappa shape index (κ3) is 3.94. The molecule has 0 aromatic carbocycles. The molecule has 4 unspecified atom stereocenters. The molecule has 0 spiro atoms. The van der Waals surface area contributed by atoms with Crippen molar-refractivity contribution in [1.29, 1.82) is 0 Å². The van der Waals surface area contributed by atoms with Crippen molar-refractivity contribution >= 4 is 0 Å². The van der Waals surface area contributed by atoms with Gasteiger partial charge in [-0.25, -0.2) is 0 Å². The minimum absolute atomic E-state index is 0.167. The summed E-state index contributed by atoms with van der Waals surface area (Å²) >= 11 is 0. The molecule has 102 valence electrons. The molecule has 1 aliphatic heterocycles. The van der Waals surface area contributed by atoms with E-state index in [2.05, 4.69) is 44.8 Å². The van der Waals surface area contributed by atoms with Crippen LogP contribution in [0, 0.1) is 11.8 Å². The monoisotopic (exact) mass is 242 g/mol. The molecular formula is C14H30N2O. The topological polar surface area (TPSA) is 35.5 Å². The highest BCUT2D eigenvalue weighted by molar-refractivity contribution is 4.91. The Morgan fingerprint density at radius 3 is 2.53 bits per heavy atom. The zero-order valence-electron chi connectivity index (χ0n) is 12.2. The minimum Gasteiger partial charge on any atom is -0.394 e. The maximum absolute atomic E-state index is 9.58. The number of likely N-dealkylation sites (N-methyl/N-ethyl adjacent to an activating group) is 1. The summed E-state index contributed by atoms with van der Waals surface area (Å²) in [5.74, 6) is 1.52. The van der Waals surface area contributed by atoms with E-state index in [4.69, 9.17) is 0 Å². The van der Waals surface area contributed by atoms with Crippen LogP contribution >= 0.6 is 0 Å².